The van der Waals surface area contributed by atoms with E-state index < -0.39 is 0 Å². The minimum Gasteiger partial charge on any atom is -0.494 e. The predicted octanol–water partition coefficient (Wildman–Crippen LogP) is 4.88. The number of carbonyl (C=O) groups excluding carboxylic acids is 3. The standard InChI is InChI=1S/C33H40N6O5/c1-21-13-16-26(27(18-21)44-17-8-6-7-12-29(41)38(2)3)39(4)33(42)24-15-14-23(32(43-5)31(24)35-20-40)22-10-9-11-25-30(22)37-28(19-34)36-25/h9-11,13-16,18,20H,6-8,12,17,19,34H2,1-5H3,(H,35,40)(H,36,37). The SMILES string of the molecule is COc1c(-c2cccc3[nH]c(CN)nc23)ccc(C(=O)N(C)c2ccc(C)cc2OCCCCCC(=O)N(C)C)c1NC=O. The number of fused-ring (bicyclic) bond motifs is 1. The van der Waals surface area contributed by atoms with Crippen LogP contribution in [0.15, 0.2) is 48.5 Å². The summed E-state index contributed by atoms with van der Waals surface area (Å²) in [4.78, 5) is 48.5. The average Bonchev–Trinajstić information content (AvgIpc) is 3.46. The lowest BCUT2D eigenvalue weighted by Gasteiger charge is -2.24. The van der Waals surface area contributed by atoms with Gasteiger partial charge in [-0.15, -0.1) is 0 Å². The van der Waals surface area contributed by atoms with E-state index in [9.17, 15) is 14.4 Å². The summed E-state index contributed by atoms with van der Waals surface area (Å²) in [5, 5.41) is 2.69. The van der Waals surface area contributed by atoms with Crippen molar-refractivity contribution in [3.63, 3.8) is 0 Å². The van der Waals surface area contributed by atoms with Crippen molar-refractivity contribution in [3.8, 4) is 22.6 Å². The largest absolute Gasteiger partial charge is 0.494 e. The monoisotopic (exact) mass is 600 g/mol. The van der Waals surface area contributed by atoms with Gasteiger partial charge in [-0.05, 0) is 62.1 Å². The molecule has 0 bridgehead atoms. The van der Waals surface area contributed by atoms with Crippen LogP contribution in [0.3, 0.4) is 0 Å². The number of amides is 3. The third kappa shape index (κ3) is 7.00. The van der Waals surface area contributed by atoms with Gasteiger partial charge >= 0.3 is 0 Å². The second-order valence-corrected chi connectivity index (χ2v) is 10.7. The van der Waals surface area contributed by atoms with Crippen LogP contribution in [0.5, 0.6) is 11.5 Å². The van der Waals surface area contributed by atoms with Crippen molar-refractivity contribution < 1.29 is 23.9 Å². The maximum absolute atomic E-state index is 14.0. The summed E-state index contributed by atoms with van der Waals surface area (Å²) in [6.07, 6.45) is 3.43. The molecule has 3 aromatic carbocycles. The number of hydrogen-bond acceptors (Lipinski definition) is 7. The number of nitrogens with one attached hydrogen (secondary N) is 2. The zero-order valence-electron chi connectivity index (χ0n) is 25.9. The topological polar surface area (TPSA) is 143 Å². The third-order valence-electron chi connectivity index (χ3n) is 7.41. The van der Waals surface area contributed by atoms with Crippen molar-refractivity contribution in [2.45, 2.75) is 39.2 Å². The van der Waals surface area contributed by atoms with Crippen LogP contribution < -0.4 is 25.4 Å². The number of aromatic amines is 1. The molecule has 44 heavy (non-hydrogen) atoms. The molecule has 0 aliphatic rings. The average molecular weight is 601 g/mol. The lowest BCUT2D eigenvalue weighted by molar-refractivity contribution is -0.128. The fraction of sp³-hybridized carbons (Fsp3) is 0.333. The van der Waals surface area contributed by atoms with E-state index >= 15 is 0 Å². The number of hydrogen-bond donors (Lipinski definition) is 3. The number of carbonyl (C=O) groups is 3. The van der Waals surface area contributed by atoms with E-state index in [2.05, 4.69) is 15.3 Å². The van der Waals surface area contributed by atoms with E-state index in [1.165, 1.54) is 12.0 Å². The van der Waals surface area contributed by atoms with Gasteiger partial charge in [0.05, 0.1) is 48.2 Å². The molecule has 0 fully saturated rings. The van der Waals surface area contributed by atoms with Crippen molar-refractivity contribution in [2.24, 2.45) is 5.73 Å². The molecular weight excluding hydrogens is 560 g/mol. The molecule has 3 amide bonds. The van der Waals surface area contributed by atoms with Crippen LogP contribution in [0, 0.1) is 6.92 Å². The molecule has 0 aliphatic heterocycles. The molecule has 11 heteroatoms. The first-order valence-electron chi connectivity index (χ1n) is 14.5. The molecule has 4 N–H and O–H groups in total. The Hall–Kier alpha value is -4.90. The molecule has 4 aromatic rings. The highest BCUT2D eigenvalue weighted by Gasteiger charge is 2.25. The summed E-state index contributed by atoms with van der Waals surface area (Å²) in [5.41, 5.74) is 10.8. The van der Waals surface area contributed by atoms with Gasteiger partial charge in [0.1, 0.15) is 11.6 Å². The molecule has 0 radical (unpaired) electrons. The number of rotatable bonds is 14. The van der Waals surface area contributed by atoms with Crippen LogP contribution in [0.1, 0.15) is 47.4 Å². The van der Waals surface area contributed by atoms with Crippen molar-refractivity contribution >= 4 is 40.6 Å². The summed E-state index contributed by atoms with van der Waals surface area (Å²) in [5.74, 6) is 1.29. The lowest BCUT2D eigenvalue weighted by Crippen LogP contribution is -2.28. The number of anilines is 2. The highest BCUT2D eigenvalue weighted by atomic mass is 16.5. The van der Waals surface area contributed by atoms with E-state index in [0.29, 0.717) is 53.5 Å². The molecule has 0 saturated carbocycles. The number of aryl methyl sites for hydroxylation is 1. The van der Waals surface area contributed by atoms with Crippen LogP contribution in [-0.2, 0) is 16.1 Å². The summed E-state index contributed by atoms with van der Waals surface area (Å²) in [6, 6.07) is 14.8. The number of nitrogens with two attached hydrogens (primary N) is 1. The number of aromatic nitrogens is 2. The van der Waals surface area contributed by atoms with Crippen molar-refractivity contribution in [2.75, 3.05) is 45.1 Å². The minimum atomic E-state index is -0.363. The molecule has 0 spiro atoms. The number of unbranched alkanes of at least 4 members (excludes halogenated alkanes) is 2. The van der Waals surface area contributed by atoms with Gasteiger partial charge in [0.2, 0.25) is 12.3 Å². The van der Waals surface area contributed by atoms with Gasteiger partial charge in [-0.1, -0.05) is 18.2 Å². The molecule has 4 rings (SSSR count). The van der Waals surface area contributed by atoms with Gasteiger partial charge in [0.15, 0.2) is 5.75 Å². The van der Waals surface area contributed by atoms with Gasteiger partial charge < -0.3 is 35.3 Å². The Labute approximate surface area is 257 Å². The molecule has 11 nitrogen and oxygen atoms in total. The summed E-state index contributed by atoms with van der Waals surface area (Å²) >= 11 is 0. The van der Waals surface area contributed by atoms with Crippen LogP contribution in [0.25, 0.3) is 22.2 Å². The second-order valence-electron chi connectivity index (χ2n) is 10.7. The molecule has 232 valence electrons. The fourth-order valence-corrected chi connectivity index (χ4v) is 5.05. The Bertz CT molecular complexity index is 1650. The summed E-state index contributed by atoms with van der Waals surface area (Å²) in [7, 11) is 6.66. The van der Waals surface area contributed by atoms with E-state index in [0.717, 1.165) is 35.9 Å². The van der Waals surface area contributed by atoms with Gasteiger partial charge in [-0.2, -0.15) is 0 Å². The van der Waals surface area contributed by atoms with E-state index in [1.807, 2.05) is 43.3 Å². The van der Waals surface area contributed by atoms with Gasteiger partial charge in [0.25, 0.3) is 5.91 Å². The highest BCUT2D eigenvalue weighted by molar-refractivity contribution is 6.13. The van der Waals surface area contributed by atoms with Gasteiger partial charge in [-0.3, -0.25) is 14.4 Å². The second kappa shape index (κ2) is 14.5. The Morgan fingerprint density at radius 2 is 1.84 bits per heavy atom. The predicted molar refractivity (Wildman–Crippen MR) is 172 cm³/mol. The molecule has 1 heterocycles. The molecule has 0 unspecified atom stereocenters. The number of nitrogens with zero attached hydrogens (tertiary/aromatic N) is 3. The van der Waals surface area contributed by atoms with Gasteiger partial charge in [0, 0.05) is 38.7 Å². The molecular formula is C33H40N6O5. The first-order chi connectivity index (χ1) is 21.2. The first kappa shape index (κ1) is 32.0. The first-order valence-corrected chi connectivity index (χ1v) is 14.5. The van der Waals surface area contributed by atoms with Crippen LogP contribution >= 0.6 is 0 Å². The number of ether oxygens (including phenoxy) is 2. The Kier molecular flexibility index (Phi) is 10.6. The Morgan fingerprint density at radius 3 is 2.55 bits per heavy atom. The Morgan fingerprint density at radius 1 is 1.05 bits per heavy atom. The zero-order chi connectivity index (χ0) is 31.8. The minimum absolute atomic E-state index is 0.110. The maximum Gasteiger partial charge on any atom is 0.260 e. The zero-order valence-corrected chi connectivity index (χ0v) is 25.9. The number of benzene rings is 3. The smallest absolute Gasteiger partial charge is 0.260 e. The number of imidazole rings is 1. The quantitative estimate of drug-likeness (QED) is 0.138. The summed E-state index contributed by atoms with van der Waals surface area (Å²) in [6.45, 7) is 2.66. The highest BCUT2D eigenvalue weighted by Crippen LogP contribution is 2.42. The van der Waals surface area contributed by atoms with Crippen molar-refractivity contribution in [1.82, 2.24) is 14.9 Å². The van der Waals surface area contributed by atoms with E-state index in [1.54, 1.807) is 38.2 Å². The van der Waals surface area contributed by atoms with Crippen molar-refractivity contribution in [1.29, 1.82) is 0 Å². The molecule has 1 aromatic heterocycles. The normalized spacial score (nSPS) is 10.9. The maximum atomic E-state index is 14.0. The van der Waals surface area contributed by atoms with E-state index in [-0.39, 0.29) is 29.6 Å². The number of methoxy groups -OCH3 is 1. The summed E-state index contributed by atoms with van der Waals surface area (Å²) < 4.78 is 11.9. The molecule has 0 saturated heterocycles. The number of para-hydroxylation sites is 1. The number of H-pyrrole nitrogens is 1. The van der Waals surface area contributed by atoms with Crippen LogP contribution in [-0.4, -0.2) is 68.0 Å². The third-order valence-corrected chi connectivity index (χ3v) is 7.41. The van der Waals surface area contributed by atoms with Gasteiger partial charge in [-0.25, -0.2) is 4.98 Å². The fourth-order valence-electron chi connectivity index (χ4n) is 5.05. The molecule has 0 aliphatic carbocycles. The Balaban J connectivity index is 1.61. The van der Waals surface area contributed by atoms with Crippen LogP contribution in [0.2, 0.25) is 0 Å². The van der Waals surface area contributed by atoms with E-state index in [4.69, 9.17) is 15.2 Å². The molecule has 0 atom stereocenters. The van der Waals surface area contributed by atoms with Crippen LogP contribution in [0.4, 0.5) is 11.4 Å². The lowest BCUT2D eigenvalue weighted by atomic mass is 9.98. The van der Waals surface area contributed by atoms with Crippen molar-refractivity contribution in [3.05, 3.63) is 65.5 Å².